The third-order valence-corrected chi connectivity index (χ3v) is 6.66. The van der Waals surface area contributed by atoms with Gasteiger partial charge in [0.1, 0.15) is 18.0 Å². The molecule has 0 aromatic heterocycles. The molecule has 2 saturated heterocycles. The summed E-state index contributed by atoms with van der Waals surface area (Å²) in [4.78, 5) is 18.2. The maximum absolute atomic E-state index is 9.44. The maximum Gasteiger partial charge on any atom is 1.00 e. The van der Waals surface area contributed by atoms with Crippen molar-refractivity contribution in [3.8, 4) is 11.1 Å². The summed E-state index contributed by atoms with van der Waals surface area (Å²) in [7, 11) is -4.86. The molecule has 0 amide bonds. The number of carbonyl (C=O) groups is 1. The summed E-state index contributed by atoms with van der Waals surface area (Å²) < 4.78 is 35.0. The van der Waals surface area contributed by atoms with E-state index in [1.54, 1.807) is 0 Å². The molecule has 0 spiro atoms. The van der Waals surface area contributed by atoms with Crippen LogP contribution in [0.5, 0.6) is 0 Å². The molecule has 0 bridgehead atoms. The van der Waals surface area contributed by atoms with Crippen molar-refractivity contribution in [3.63, 3.8) is 0 Å². The Morgan fingerprint density at radius 3 is 1.35 bits per heavy atom. The fraction of sp³-hybridized carbons (Fsp3) is 0.206. The molecular weight excluding hydrogens is 640 g/mol. The van der Waals surface area contributed by atoms with Gasteiger partial charge in [-0.1, -0.05) is 109 Å². The number of ketones is 1. The van der Waals surface area contributed by atoms with Crippen molar-refractivity contribution >= 4 is 37.7 Å². The van der Waals surface area contributed by atoms with Crippen LogP contribution in [-0.4, -0.2) is 35.3 Å². The smallest absolute Gasteiger partial charge is 0.724 e. The number of hydrogen-bond acceptors (Lipinski definition) is 9. The van der Waals surface area contributed by atoms with Crippen LogP contribution < -0.4 is 51.4 Å². The zero-order chi connectivity index (χ0) is 31.9. The topological polar surface area (TPSA) is 173 Å². The zero-order valence-corrected chi connectivity index (χ0v) is 30.1. The Morgan fingerprint density at radius 1 is 0.717 bits per heavy atom. The van der Waals surface area contributed by atoms with E-state index in [9.17, 15) is 4.79 Å². The molecule has 2 fully saturated rings. The van der Waals surface area contributed by atoms with E-state index in [1.165, 1.54) is 57.6 Å². The molecule has 12 heteroatoms. The van der Waals surface area contributed by atoms with Gasteiger partial charge < -0.3 is 19.6 Å². The van der Waals surface area contributed by atoms with Gasteiger partial charge in [-0.25, -0.2) is 13.7 Å². The first-order valence-electron chi connectivity index (χ1n) is 13.7. The van der Waals surface area contributed by atoms with E-state index < -0.39 is 10.4 Å². The standard InChI is InChI=1S/C14H10O.C14H10.C3H6O2.C3H6O.K.H2O5S.H2O/c1-3-7-11-9(5-1)10-6-2-4-8-12(10)14-13(11)15-14;1-3-7-13-11(5-1)9-10-12-6-2-4-8-14(12)13;1-3(2)4-5-3;1-3(2)4;;1-5-6(2,3)4;/h1-8,13-14H;1-10H;1-2H3;1-2H3;;1H,(H,2,3,4);1H2/q;;;;+1;;/p-1. The number of Topliss-reactive ketones (excluding diaryl/α,β-unsaturated/α-hetero) is 1. The van der Waals surface area contributed by atoms with E-state index in [0.29, 0.717) is 12.2 Å². The Hall–Kier alpha value is -2.40. The zero-order valence-electron chi connectivity index (χ0n) is 26.2. The molecule has 3 aliphatic rings. The fourth-order valence-corrected chi connectivity index (χ4v) is 4.60. The molecule has 1 aliphatic carbocycles. The van der Waals surface area contributed by atoms with Gasteiger partial charge in [0.25, 0.3) is 0 Å². The second kappa shape index (κ2) is 17.7. The first kappa shape index (κ1) is 39.8. The SMILES string of the molecule is CC(C)=O.CC1(C)OO1.O.O=S(=O)([O-])OO.[K+].c1ccc2c(c1)-c1ccccc1C1OC21.c1ccc2c(c1)ccc1ccccc12. The molecule has 238 valence electrons. The molecule has 0 radical (unpaired) electrons. The molecule has 0 saturated carbocycles. The van der Waals surface area contributed by atoms with Crippen LogP contribution in [0.15, 0.2) is 109 Å². The minimum absolute atomic E-state index is 0. The Kier molecular flexibility index (Phi) is 15.3. The molecule has 2 aliphatic heterocycles. The van der Waals surface area contributed by atoms with Gasteiger partial charge >= 0.3 is 51.4 Å². The first-order valence-corrected chi connectivity index (χ1v) is 15.1. The third kappa shape index (κ3) is 11.7. The normalized spacial score (nSPS) is 16.8. The van der Waals surface area contributed by atoms with E-state index in [-0.39, 0.29) is 68.4 Å². The van der Waals surface area contributed by atoms with Crippen LogP contribution in [0.25, 0.3) is 32.7 Å². The Labute approximate surface area is 310 Å². The second-order valence-corrected chi connectivity index (χ2v) is 11.6. The summed E-state index contributed by atoms with van der Waals surface area (Å²) in [6.07, 6.45) is 0.632. The van der Waals surface area contributed by atoms with Crippen LogP contribution in [0.1, 0.15) is 51.0 Å². The van der Waals surface area contributed by atoms with Crippen molar-refractivity contribution in [3.05, 3.63) is 120 Å². The number of benzene rings is 5. The molecular formula is C34H35KO10S. The monoisotopic (exact) mass is 674 g/mol. The van der Waals surface area contributed by atoms with Crippen molar-refractivity contribution in [2.24, 2.45) is 0 Å². The van der Waals surface area contributed by atoms with Gasteiger partial charge in [-0.05, 0) is 71.5 Å². The summed E-state index contributed by atoms with van der Waals surface area (Å²) in [6.45, 7) is 6.76. The predicted molar refractivity (Wildman–Crippen MR) is 170 cm³/mol. The van der Waals surface area contributed by atoms with Crippen LogP contribution in [0.4, 0.5) is 0 Å². The van der Waals surface area contributed by atoms with E-state index in [4.69, 9.17) is 23.0 Å². The van der Waals surface area contributed by atoms with Crippen LogP contribution >= 0.6 is 0 Å². The second-order valence-electron chi connectivity index (χ2n) is 10.6. The average Bonchev–Trinajstić information content (AvgIpc) is 3.95. The quantitative estimate of drug-likeness (QED) is 0.0527. The van der Waals surface area contributed by atoms with Gasteiger partial charge in [0.2, 0.25) is 16.2 Å². The average molecular weight is 675 g/mol. The van der Waals surface area contributed by atoms with Crippen molar-refractivity contribution in [1.29, 1.82) is 0 Å². The summed E-state index contributed by atoms with van der Waals surface area (Å²) >= 11 is 0. The number of rotatable bonds is 1. The Balaban J connectivity index is 0.000000219. The van der Waals surface area contributed by atoms with Gasteiger partial charge in [-0.2, -0.15) is 9.78 Å². The van der Waals surface area contributed by atoms with E-state index in [0.717, 1.165) is 0 Å². The minimum atomic E-state index is -4.86. The predicted octanol–water partition coefficient (Wildman–Crippen LogP) is 3.87. The van der Waals surface area contributed by atoms with Crippen LogP contribution in [0.3, 0.4) is 0 Å². The van der Waals surface area contributed by atoms with Gasteiger partial charge in [-0.15, -0.1) is 4.33 Å². The maximum atomic E-state index is 9.44. The minimum Gasteiger partial charge on any atom is -0.724 e. The summed E-state index contributed by atoms with van der Waals surface area (Å²) in [5.74, 6) is -0.0833. The van der Waals surface area contributed by atoms with Crippen LogP contribution in [-0.2, 0) is 34.0 Å². The number of epoxide rings is 1. The molecule has 3 N–H and O–H groups in total. The molecule has 8 rings (SSSR count). The summed E-state index contributed by atoms with van der Waals surface area (Å²) in [5, 5.41) is 12.3. The third-order valence-electron chi connectivity index (χ3n) is 6.48. The van der Waals surface area contributed by atoms with Crippen LogP contribution in [0.2, 0.25) is 0 Å². The van der Waals surface area contributed by atoms with Crippen LogP contribution in [0, 0.1) is 0 Å². The molecule has 2 unspecified atom stereocenters. The summed E-state index contributed by atoms with van der Waals surface area (Å²) in [6, 6.07) is 38.5. The van der Waals surface area contributed by atoms with Crippen molar-refractivity contribution in [2.75, 3.05) is 0 Å². The molecule has 5 aromatic rings. The molecule has 10 nitrogen and oxygen atoms in total. The van der Waals surface area contributed by atoms with Gasteiger partial charge in [0, 0.05) is 0 Å². The van der Waals surface area contributed by atoms with Gasteiger partial charge in [0.15, 0.2) is 0 Å². The van der Waals surface area contributed by atoms with E-state index in [2.05, 4.69) is 123 Å². The number of carbonyl (C=O) groups excluding carboxylic acids is 1. The van der Waals surface area contributed by atoms with E-state index in [1.807, 2.05) is 13.8 Å². The number of fused-ring (bicyclic) bond motifs is 9. The summed E-state index contributed by atoms with van der Waals surface area (Å²) in [5.41, 5.74) is 5.38. The number of hydrogen-bond donors (Lipinski definition) is 1. The van der Waals surface area contributed by atoms with Crippen molar-refractivity contribution in [1.82, 2.24) is 0 Å². The molecule has 2 heterocycles. The molecule has 46 heavy (non-hydrogen) atoms. The largest absolute Gasteiger partial charge is 1.00 e. The number of ether oxygens (including phenoxy) is 1. The van der Waals surface area contributed by atoms with E-state index >= 15 is 0 Å². The Morgan fingerprint density at radius 2 is 1.02 bits per heavy atom. The first-order chi connectivity index (χ1) is 20.9. The van der Waals surface area contributed by atoms with Gasteiger partial charge in [-0.3, -0.25) is 0 Å². The van der Waals surface area contributed by atoms with Crippen molar-refractivity contribution < 1.29 is 98.7 Å². The molecule has 5 aromatic carbocycles. The fourth-order valence-electron chi connectivity index (χ4n) is 4.60. The molecule has 2 atom stereocenters. The Bertz CT molecular complexity index is 1750. The van der Waals surface area contributed by atoms with Crippen molar-refractivity contribution in [2.45, 2.75) is 45.7 Å². The van der Waals surface area contributed by atoms with Gasteiger partial charge in [0.05, 0.1) is 0 Å².